The smallest absolute Gasteiger partial charge is 0.225 e. The number of likely N-dealkylation sites (tertiary alicyclic amines) is 1. The summed E-state index contributed by atoms with van der Waals surface area (Å²) in [6.07, 6.45) is 4.53. The highest BCUT2D eigenvalue weighted by Gasteiger charge is 2.29. The SMILES string of the molecule is CC(C)(C)c1ccc2nnc(C3CCN(C(=O)CC4CCCO4)CC3)n2n1. The third-order valence-corrected chi connectivity index (χ3v) is 5.69. The number of ether oxygens (including phenoxy) is 1. The fourth-order valence-electron chi connectivity index (χ4n) is 3.98. The van der Waals surface area contributed by atoms with Gasteiger partial charge in [-0.05, 0) is 37.8 Å². The van der Waals surface area contributed by atoms with E-state index in [1.54, 1.807) is 0 Å². The summed E-state index contributed by atoms with van der Waals surface area (Å²) in [7, 11) is 0. The first-order chi connectivity index (χ1) is 12.9. The van der Waals surface area contributed by atoms with E-state index in [1.807, 2.05) is 21.5 Å². The molecular formula is C20H29N5O2. The monoisotopic (exact) mass is 371 g/mol. The second kappa shape index (κ2) is 7.19. The fraction of sp³-hybridized carbons (Fsp3) is 0.700. The highest BCUT2D eigenvalue weighted by molar-refractivity contribution is 5.76. The van der Waals surface area contributed by atoms with E-state index in [9.17, 15) is 4.79 Å². The molecule has 1 amide bonds. The van der Waals surface area contributed by atoms with Gasteiger partial charge in [0.25, 0.3) is 0 Å². The summed E-state index contributed by atoms with van der Waals surface area (Å²) in [4.78, 5) is 14.5. The molecule has 0 saturated carbocycles. The first-order valence-electron chi connectivity index (χ1n) is 10.0. The van der Waals surface area contributed by atoms with Crippen molar-refractivity contribution in [2.75, 3.05) is 19.7 Å². The van der Waals surface area contributed by atoms with Gasteiger partial charge >= 0.3 is 0 Å². The Bertz CT molecular complexity index is 811. The van der Waals surface area contributed by atoms with Gasteiger partial charge in [0, 0.05) is 31.0 Å². The van der Waals surface area contributed by atoms with Crippen LogP contribution in [0.4, 0.5) is 0 Å². The molecule has 2 fully saturated rings. The Morgan fingerprint density at radius 1 is 1.19 bits per heavy atom. The van der Waals surface area contributed by atoms with Crippen LogP contribution in [-0.2, 0) is 14.9 Å². The molecule has 146 valence electrons. The maximum absolute atomic E-state index is 12.5. The number of carbonyl (C=O) groups is 1. The largest absolute Gasteiger partial charge is 0.378 e. The molecule has 2 aromatic rings. The molecular weight excluding hydrogens is 342 g/mol. The van der Waals surface area contributed by atoms with Crippen LogP contribution in [0.15, 0.2) is 12.1 Å². The standard InChI is InChI=1S/C20H29N5O2/c1-20(2,3)16-6-7-17-21-22-19(25(17)23-16)14-8-10-24(11-9-14)18(26)13-15-5-4-12-27-15/h6-7,14-15H,4-5,8-13H2,1-3H3. The zero-order valence-electron chi connectivity index (χ0n) is 16.5. The van der Waals surface area contributed by atoms with E-state index >= 15 is 0 Å². The van der Waals surface area contributed by atoms with Crippen molar-refractivity contribution in [2.24, 2.45) is 0 Å². The quantitative estimate of drug-likeness (QED) is 0.829. The van der Waals surface area contributed by atoms with Crippen molar-refractivity contribution in [2.45, 2.75) is 70.3 Å². The Morgan fingerprint density at radius 3 is 2.63 bits per heavy atom. The second-order valence-electron chi connectivity index (χ2n) is 8.79. The maximum Gasteiger partial charge on any atom is 0.225 e. The number of carbonyl (C=O) groups excluding carboxylic acids is 1. The number of amides is 1. The molecule has 4 heterocycles. The van der Waals surface area contributed by atoms with E-state index in [2.05, 4.69) is 31.0 Å². The van der Waals surface area contributed by atoms with Gasteiger partial charge in [-0.2, -0.15) is 9.61 Å². The van der Waals surface area contributed by atoms with Gasteiger partial charge in [0.15, 0.2) is 11.5 Å². The van der Waals surface area contributed by atoms with Crippen molar-refractivity contribution in [3.63, 3.8) is 0 Å². The van der Waals surface area contributed by atoms with E-state index < -0.39 is 0 Å². The fourth-order valence-corrected chi connectivity index (χ4v) is 3.98. The number of rotatable bonds is 3. The van der Waals surface area contributed by atoms with Crippen LogP contribution in [0.25, 0.3) is 5.65 Å². The van der Waals surface area contributed by atoms with Gasteiger partial charge in [0.2, 0.25) is 5.91 Å². The van der Waals surface area contributed by atoms with E-state index in [0.29, 0.717) is 6.42 Å². The van der Waals surface area contributed by atoms with E-state index in [-0.39, 0.29) is 23.3 Å². The molecule has 2 saturated heterocycles. The third-order valence-electron chi connectivity index (χ3n) is 5.69. The average Bonchev–Trinajstić information content (AvgIpc) is 3.30. The van der Waals surface area contributed by atoms with E-state index in [0.717, 1.165) is 62.5 Å². The van der Waals surface area contributed by atoms with Gasteiger partial charge < -0.3 is 9.64 Å². The maximum atomic E-state index is 12.5. The molecule has 0 radical (unpaired) electrons. The molecule has 1 unspecified atom stereocenters. The molecule has 0 aliphatic carbocycles. The summed E-state index contributed by atoms with van der Waals surface area (Å²) in [6, 6.07) is 4.02. The number of nitrogens with zero attached hydrogens (tertiary/aromatic N) is 5. The number of hydrogen-bond donors (Lipinski definition) is 0. The van der Waals surface area contributed by atoms with Crippen LogP contribution >= 0.6 is 0 Å². The van der Waals surface area contributed by atoms with Crippen LogP contribution in [0.3, 0.4) is 0 Å². The molecule has 2 aromatic heterocycles. The Balaban J connectivity index is 1.44. The van der Waals surface area contributed by atoms with Crippen LogP contribution in [0, 0.1) is 0 Å². The molecule has 7 nitrogen and oxygen atoms in total. The number of aromatic nitrogens is 4. The molecule has 27 heavy (non-hydrogen) atoms. The lowest BCUT2D eigenvalue weighted by Crippen LogP contribution is -2.39. The molecule has 4 rings (SSSR count). The van der Waals surface area contributed by atoms with Crippen LogP contribution in [0.2, 0.25) is 0 Å². The summed E-state index contributed by atoms with van der Waals surface area (Å²) in [5.74, 6) is 1.43. The molecule has 7 heteroatoms. The van der Waals surface area contributed by atoms with Gasteiger partial charge in [-0.15, -0.1) is 10.2 Å². The lowest BCUT2D eigenvalue weighted by molar-refractivity contribution is -0.134. The van der Waals surface area contributed by atoms with Gasteiger partial charge in [0.1, 0.15) is 0 Å². The molecule has 0 bridgehead atoms. The first-order valence-corrected chi connectivity index (χ1v) is 10.0. The predicted molar refractivity (Wildman–Crippen MR) is 102 cm³/mol. The van der Waals surface area contributed by atoms with Crippen LogP contribution in [0.5, 0.6) is 0 Å². The predicted octanol–water partition coefficient (Wildman–Crippen LogP) is 2.70. The van der Waals surface area contributed by atoms with Crippen molar-refractivity contribution < 1.29 is 9.53 Å². The normalized spacial score (nSPS) is 21.9. The highest BCUT2D eigenvalue weighted by atomic mass is 16.5. The molecule has 2 aliphatic rings. The molecule has 0 N–H and O–H groups in total. The molecule has 2 aliphatic heterocycles. The minimum absolute atomic E-state index is 0.0200. The molecule has 0 aromatic carbocycles. The van der Waals surface area contributed by atoms with Crippen molar-refractivity contribution in [3.8, 4) is 0 Å². The van der Waals surface area contributed by atoms with E-state index in [1.165, 1.54) is 0 Å². The Kier molecular flexibility index (Phi) is 4.88. The average molecular weight is 371 g/mol. The molecule has 1 atom stereocenters. The van der Waals surface area contributed by atoms with Crippen LogP contribution in [0.1, 0.15) is 70.3 Å². The summed E-state index contributed by atoms with van der Waals surface area (Å²) in [5.41, 5.74) is 1.79. The van der Waals surface area contributed by atoms with Crippen molar-refractivity contribution in [1.29, 1.82) is 0 Å². The van der Waals surface area contributed by atoms with Crippen molar-refractivity contribution >= 4 is 11.6 Å². The lowest BCUT2D eigenvalue weighted by atomic mass is 9.92. The Labute approximate surface area is 160 Å². The Hall–Kier alpha value is -2.02. The summed E-state index contributed by atoms with van der Waals surface area (Å²) in [6.45, 7) is 8.80. The zero-order valence-corrected chi connectivity index (χ0v) is 16.5. The topological polar surface area (TPSA) is 72.6 Å². The summed E-state index contributed by atoms with van der Waals surface area (Å²) < 4.78 is 7.50. The lowest BCUT2D eigenvalue weighted by Gasteiger charge is -2.31. The number of hydrogen-bond acceptors (Lipinski definition) is 5. The third kappa shape index (κ3) is 3.83. The van der Waals surface area contributed by atoms with Crippen molar-refractivity contribution in [1.82, 2.24) is 24.7 Å². The van der Waals surface area contributed by atoms with E-state index in [4.69, 9.17) is 9.84 Å². The Morgan fingerprint density at radius 2 is 1.96 bits per heavy atom. The van der Waals surface area contributed by atoms with Gasteiger partial charge in [0.05, 0.1) is 18.2 Å². The van der Waals surface area contributed by atoms with Crippen molar-refractivity contribution in [3.05, 3.63) is 23.7 Å². The molecule has 0 spiro atoms. The first kappa shape index (κ1) is 18.3. The number of piperidine rings is 1. The summed E-state index contributed by atoms with van der Waals surface area (Å²) >= 11 is 0. The second-order valence-corrected chi connectivity index (χ2v) is 8.79. The van der Waals surface area contributed by atoms with Crippen LogP contribution < -0.4 is 0 Å². The zero-order chi connectivity index (χ0) is 19.0. The minimum Gasteiger partial charge on any atom is -0.378 e. The van der Waals surface area contributed by atoms with Crippen LogP contribution in [-0.4, -0.2) is 56.4 Å². The number of fused-ring (bicyclic) bond motifs is 1. The highest BCUT2D eigenvalue weighted by Crippen LogP contribution is 2.28. The van der Waals surface area contributed by atoms with Gasteiger partial charge in [-0.25, -0.2) is 0 Å². The minimum atomic E-state index is -0.0200. The summed E-state index contributed by atoms with van der Waals surface area (Å²) in [5, 5.41) is 13.5. The van der Waals surface area contributed by atoms with Gasteiger partial charge in [-0.3, -0.25) is 4.79 Å². The van der Waals surface area contributed by atoms with Gasteiger partial charge in [-0.1, -0.05) is 20.8 Å².